The second-order valence-electron chi connectivity index (χ2n) is 5.75. The van der Waals surface area contributed by atoms with Gasteiger partial charge in [0.15, 0.2) is 0 Å². The lowest BCUT2D eigenvalue weighted by Crippen LogP contribution is -2.45. The van der Waals surface area contributed by atoms with Crippen molar-refractivity contribution >= 4 is 0 Å². The highest BCUT2D eigenvalue weighted by atomic mass is 16.5. The SMILES string of the molecule is CCCC1CC(NCC(CC)(CC)CO)CCO1. The third-order valence-electron chi connectivity index (χ3n) is 4.58. The van der Waals surface area contributed by atoms with E-state index in [-0.39, 0.29) is 12.0 Å². The van der Waals surface area contributed by atoms with Crippen LogP contribution in [0.15, 0.2) is 0 Å². The topological polar surface area (TPSA) is 41.5 Å². The Balaban J connectivity index is 2.37. The quantitative estimate of drug-likeness (QED) is 0.702. The fraction of sp³-hybridized carbons (Fsp3) is 1.00. The molecule has 3 nitrogen and oxygen atoms in total. The lowest BCUT2D eigenvalue weighted by molar-refractivity contribution is -0.00662. The molecule has 1 heterocycles. The number of aliphatic hydroxyl groups is 1. The lowest BCUT2D eigenvalue weighted by Gasteiger charge is -2.35. The van der Waals surface area contributed by atoms with Crippen molar-refractivity contribution in [1.29, 1.82) is 0 Å². The van der Waals surface area contributed by atoms with E-state index in [0.29, 0.717) is 12.1 Å². The molecular formula is C15H31NO2. The van der Waals surface area contributed by atoms with Crippen molar-refractivity contribution in [3.05, 3.63) is 0 Å². The lowest BCUT2D eigenvalue weighted by atomic mass is 9.82. The molecule has 0 aromatic carbocycles. The van der Waals surface area contributed by atoms with E-state index >= 15 is 0 Å². The molecule has 2 unspecified atom stereocenters. The fourth-order valence-electron chi connectivity index (χ4n) is 2.73. The zero-order valence-electron chi connectivity index (χ0n) is 12.4. The highest BCUT2D eigenvalue weighted by Crippen LogP contribution is 2.26. The Morgan fingerprint density at radius 1 is 1.28 bits per heavy atom. The molecule has 2 N–H and O–H groups in total. The van der Waals surface area contributed by atoms with Crippen LogP contribution in [0.1, 0.15) is 59.3 Å². The van der Waals surface area contributed by atoms with E-state index in [2.05, 4.69) is 26.1 Å². The van der Waals surface area contributed by atoms with E-state index in [1.165, 1.54) is 12.8 Å². The maximum atomic E-state index is 9.58. The Bertz CT molecular complexity index is 206. The van der Waals surface area contributed by atoms with Gasteiger partial charge in [0, 0.05) is 31.2 Å². The summed E-state index contributed by atoms with van der Waals surface area (Å²) >= 11 is 0. The van der Waals surface area contributed by atoms with Crippen molar-refractivity contribution in [2.24, 2.45) is 5.41 Å². The molecule has 0 saturated carbocycles. The molecule has 0 amide bonds. The summed E-state index contributed by atoms with van der Waals surface area (Å²) in [6, 6.07) is 0.569. The Morgan fingerprint density at radius 2 is 2.00 bits per heavy atom. The maximum Gasteiger partial charge on any atom is 0.0589 e. The number of ether oxygens (including phenoxy) is 1. The molecular weight excluding hydrogens is 226 g/mol. The third-order valence-corrected chi connectivity index (χ3v) is 4.58. The zero-order valence-corrected chi connectivity index (χ0v) is 12.4. The maximum absolute atomic E-state index is 9.58. The van der Waals surface area contributed by atoms with Crippen LogP contribution in [0.4, 0.5) is 0 Å². The monoisotopic (exact) mass is 257 g/mol. The molecule has 2 atom stereocenters. The van der Waals surface area contributed by atoms with Gasteiger partial charge in [0.2, 0.25) is 0 Å². The summed E-state index contributed by atoms with van der Waals surface area (Å²) in [5.41, 5.74) is 0.0680. The molecule has 1 saturated heterocycles. The number of nitrogens with one attached hydrogen (secondary N) is 1. The minimum absolute atomic E-state index is 0.0680. The Morgan fingerprint density at radius 3 is 2.56 bits per heavy atom. The molecule has 0 spiro atoms. The van der Waals surface area contributed by atoms with Crippen molar-refractivity contribution in [2.45, 2.75) is 71.4 Å². The van der Waals surface area contributed by atoms with Crippen LogP contribution in [0.5, 0.6) is 0 Å². The molecule has 1 rings (SSSR count). The summed E-state index contributed by atoms with van der Waals surface area (Å²) in [7, 11) is 0. The van der Waals surface area contributed by atoms with Gasteiger partial charge in [0.25, 0.3) is 0 Å². The van der Waals surface area contributed by atoms with Crippen LogP contribution < -0.4 is 5.32 Å². The van der Waals surface area contributed by atoms with Gasteiger partial charge >= 0.3 is 0 Å². The van der Waals surface area contributed by atoms with Crippen LogP contribution in [0.2, 0.25) is 0 Å². The Hall–Kier alpha value is -0.120. The van der Waals surface area contributed by atoms with Crippen LogP contribution in [0.25, 0.3) is 0 Å². The molecule has 0 bridgehead atoms. The van der Waals surface area contributed by atoms with Crippen molar-refractivity contribution in [3.8, 4) is 0 Å². The van der Waals surface area contributed by atoms with Crippen molar-refractivity contribution in [3.63, 3.8) is 0 Å². The van der Waals surface area contributed by atoms with Gasteiger partial charge in [0.1, 0.15) is 0 Å². The first-order valence-electron chi connectivity index (χ1n) is 7.65. The molecule has 0 aromatic rings. The third kappa shape index (κ3) is 4.52. The molecule has 18 heavy (non-hydrogen) atoms. The summed E-state index contributed by atoms with van der Waals surface area (Å²) in [5.74, 6) is 0. The molecule has 3 heteroatoms. The average Bonchev–Trinajstić information content (AvgIpc) is 2.42. The Labute approximate surface area is 112 Å². The van der Waals surface area contributed by atoms with E-state index in [9.17, 15) is 5.11 Å². The van der Waals surface area contributed by atoms with Crippen LogP contribution in [0, 0.1) is 5.41 Å². The van der Waals surface area contributed by atoms with Gasteiger partial charge in [-0.3, -0.25) is 0 Å². The Kier molecular flexibility index (Phi) is 7.20. The second kappa shape index (κ2) is 8.13. The van der Waals surface area contributed by atoms with Gasteiger partial charge in [-0.1, -0.05) is 27.2 Å². The van der Waals surface area contributed by atoms with E-state index in [0.717, 1.165) is 38.8 Å². The summed E-state index contributed by atoms with van der Waals surface area (Å²) in [6.07, 6.45) is 7.11. The standard InChI is InChI=1S/C15H31NO2/c1-4-7-14-10-13(8-9-18-14)16-11-15(5-2,6-3)12-17/h13-14,16-17H,4-12H2,1-3H3. The van der Waals surface area contributed by atoms with E-state index in [4.69, 9.17) is 4.74 Å². The van der Waals surface area contributed by atoms with Gasteiger partial charge in [-0.05, 0) is 32.1 Å². The minimum atomic E-state index is 0.0680. The highest BCUT2D eigenvalue weighted by molar-refractivity contribution is 4.83. The molecule has 108 valence electrons. The van der Waals surface area contributed by atoms with Crippen molar-refractivity contribution in [1.82, 2.24) is 5.32 Å². The van der Waals surface area contributed by atoms with Crippen LogP contribution in [-0.4, -0.2) is 37.0 Å². The first-order chi connectivity index (χ1) is 8.69. The summed E-state index contributed by atoms with van der Waals surface area (Å²) in [4.78, 5) is 0. The van der Waals surface area contributed by atoms with E-state index < -0.39 is 0 Å². The predicted molar refractivity (Wildman–Crippen MR) is 75.8 cm³/mol. The van der Waals surface area contributed by atoms with Gasteiger partial charge in [-0.25, -0.2) is 0 Å². The first kappa shape index (κ1) is 15.9. The minimum Gasteiger partial charge on any atom is -0.396 e. The normalized spacial score (nSPS) is 25.3. The number of aliphatic hydroxyl groups excluding tert-OH is 1. The largest absolute Gasteiger partial charge is 0.396 e. The van der Waals surface area contributed by atoms with Crippen molar-refractivity contribution < 1.29 is 9.84 Å². The smallest absolute Gasteiger partial charge is 0.0589 e. The van der Waals surface area contributed by atoms with Crippen LogP contribution in [-0.2, 0) is 4.74 Å². The molecule has 1 fully saturated rings. The average molecular weight is 257 g/mol. The molecule has 0 radical (unpaired) electrons. The summed E-state index contributed by atoms with van der Waals surface area (Å²) < 4.78 is 5.77. The van der Waals surface area contributed by atoms with Gasteiger partial charge in [-0.15, -0.1) is 0 Å². The molecule has 1 aliphatic heterocycles. The number of hydrogen-bond acceptors (Lipinski definition) is 3. The summed E-state index contributed by atoms with van der Waals surface area (Å²) in [6.45, 7) is 8.66. The zero-order chi connectivity index (χ0) is 13.4. The molecule has 1 aliphatic rings. The van der Waals surface area contributed by atoms with Crippen LogP contribution in [0.3, 0.4) is 0 Å². The molecule has 0 aliphatic carbocycles. The number of rotatable bonds is 8. The second-order valence-corrected chi connectivity index (χ2v) is 5.75. The van der Waals surface area contributed by atoms with Crippen LogP contribution >= 0.6 is 0 Å². The predicted octanol–water partition coefficient (Wildman–Crippen LogP) is 2.72. The van der Waals surface area contributed by atoms with Gasteiger partial charge in [0.05, 0.1) is 6.10 Å². The van der Waals surface area contributed by atoms with E-state index in [1.807, 2.05) is 0 Å². The van der Waals surface area contributed by atoms with Crippen molar-refractivity contribution in [2.75, 3.05) is 19.8 Å². The van der Waals surface area contributed by atoms with E-state index in [1.54, 1.807) is 0 Å². The fourth-order valence-corrected chi connectivity index (χ4v) is 2.73. The highest BCUT2D eigenvalue weighted by Gasteiger charge is 2.28. The number of hydrogen-bond donors (Lipinski definition) is 2. The van der Waals surface area contributed by atoms with Gasteiger partial charge < -0.3 is 15.2 Å². The summed E-state index contributed by atoms with van der Waals surface area (Å²) in [5, 5.41) is 13.2. The molecule has 0 aromatic heterocycles. The van der Waals surface area contributed by atoms with Gasteiger partial charge in [-0.2, -0.15) is 0 Å². The first-order valence-corrected chi connectivity index (χ1v) is 7.65.